The molecule has 9 aromatic rings. The molecule has 59 heavy (non-hydrogen) atoms. The van der Waals surface area contributed by atoms with E-state index in [0.29, 0.717) is 11.5 Å². The Morgan fingerprint density at radius 2 is 1.25 bits per heavy atom. The molecule has 0 aliphatic carbocycles. The van der Waals surface area contributed by atoms with Crippen LogP contribution in [-0.4, -0.2) is 29.5 Å². The summed E-state index contributed by atoms with van der Waals surface area (Å²) in [4.78, 5) is 16.5. The number of fused-ring (bicyclic) bond motifs is 4. The minimum absolute atomic E-state index is 0. The first kappa shape index (κ1) is 36.9. The first-order valence-corrected chi connectivity index (χ1v) is 20.8. The van der Waals surface area contributed by atoms with Crippen LogP contribution >= 0.6 is 0 Å². The van der Waals surface area contributed by atoms with Crippen LogP contribution in [0, 0.1) is 18.8 Å². The van der Waals surface area contributed by atoms with Gasteiger partial charge in [-0.15, -0.1) is 0 Å². The molecule has 4 heterocycles. The van der Waals surface area contributed by atoms with Gasteiger partial charge in [-0.3, -0.25) is 0 Å². The van der Waals surface area contributed by atoms with Crippen molar-refractivity contribution < 1.29 is 25.8 Å². The van der Waals surface area contributed by atoms with Crippen molar-refractivity contribution in [3.8, 4) is 33.8 Å². The summed E-state index contributed by atoms with van der Waals surface area (Å²) in [6.45, 7) is 2.17. The maximum absolute atomic E-state index is 6.63. The van der Waals surface area contributed by atoms with Crippen molar-refractivity contribution in [2.45, 2.75) is 0 Å². The maximum atomic E-state index is 6.63. The summed E-state index contributed by atoms with van der Waals surface area (Å²) in [5, 5.41) is 0. The minimum Gasteiger partial charge on any atom is 0 e. The summed E-state index contributed by atoms with van der Waals surface area (Å²) in [5.74, 6) is 2.81. The van der Waals surface area contributed by atoms with Crippen molar-refractivity contribution >= 4 is 75.1 Å². The largest absolute Gasteiger partial charge is 0 e. The number of nitrogens with zero attached hydrogens (tertiary/aromatic N) is 6. The number of benzene rings is 7. The average Bonchev–Trinajstić information content (AvgIpc) is 3.83. The molecule has 2 aromatic heterocycles. The van der Waals surface area contributed by atoms with Crippen LogP contribution in [0.5, 0.6) is 11.5 Å². The summed E-state index contributed by atoms with van der Waals surface area (Å²) >= 11 is 0.0332. The van der Waals surface area contributed by atoms with Crippen molar-refractivity contribution in [2.75, 3.05) is 14.7 Å². The van der Waals surface area contributed by atoms with Crippen LogP contribution in [0.2, 0.25) is 0 Å². The Hall–Kier alpha value is -6.43. The fourth-order valence-electron chi connectivity index (χ4n) is 7.88. The molecule has 7 nitrogen and oxygen atoms in total. The molecule has 0 bridgehead atoms. The van der Waals surface area contributed by atoms with Crippen LogP contribution in [0.15, 0.2) is 176 Å². The number of anilines is 7. The van der Waals surface area contributed by atoms with Crippen molar-refractivity contribution in [3.63, 3.8) is 0 Å². The predicted molar refractivity (Wildman–Crippen MR) is 235 cm³/mol. The molecule has 9 heteroatoms. The van der Waals surface area contributed by atoms with E-state index >= 15 is 0 Å². The zero-order chi connectivity index (χ0) is 38.6. The number of rotatable bonds is 7. The molecule has 0 radical (unpaired) electrons. The second-order valence-electron chi connectivity index (χ2n) is 14.0. The van der Waals surface area contributed by atoms with Crippen molar-refractivity contribution in [1.82, 2.24) is 14.5 Å². The Morgan fingerprint density at radius 1 is 0.593 bits per heavy atom. The van der Waals surface area contributed by atoms with Crippen LogP contribution < -0.4 is 28.4 Å². The number of imidazole rings is 1. The summed E-state index contributed by atoms with van der Waals surface area (Å²) in [6.07, 6.45) is 1.84. The van der Waals surface area contributed by atoms with Crippen LogP contribution in [0.4, 0.5) is 40.2 Å². The van der Waals surface area contributed by atoms with E-state index in [1.54, 1.807) is 0 Å². The van der Waals surface area contributed by atoms with Gasteiger partial charge in [-0.1, -0.05) is 84.9 Å². The first-order chi connectivity index (χ1) is 28.7. The molecule has 11 rings (SSSR count). The van der Waals surface area contributed by atoms with Gasteiger partial charge in [-0.2, -0.15) is 0 Å². The number of ether oxygens (including phenoxy) is 1. The summed E-state index contributed by atoms with van der Waals surface area (Å²) in [5.41, 5.74) is 11.5. The van der Waals surface area contributed by atoms with Crippen LogP contribution in [0.1, 0.15) is 0 Å². The number of para-hydroxylation sites is 5. The normalized spacial score (nSPS) is 12.8. The van der Waals surface area contributed by atoms with Gasteiger partial charge in [-0.25, -0.2) is 0 Å². The monoisotopic (exact) mass is 1010 g/mol. The molecule has 0 N–H and O–H groups in total. The van der Waals surface area contributed by atoms with Crippen molar-refractivity contribution in [3.05, 3.63) is 195 Å². The Bertz CT molecular complexity index is 2930. The topological polar surface area (TPSA) is 49.7 Å². The van der Waals surface area contributed by atoms with E-state index < -0.39 is 0 Å². The van der Waals surface area contributed by atoms with E-state index in [2.05, 4.69) is 165 Å². The Morgan fingerprint density at radius 3 is 2.00 bits per heavy atom. The molecular formula is C50H33N6OPtSe-3. The fourth-order valence-corrected chi connectivity index (χ4v) is 9.97. The van der Waals surface area contributed by atoms with Crippen LogP contribution in [-0.2, 0) is 28.1 Å². The number of hydrogen-bond acceptors (Lipinski definition) is 6. The second-order valence-corrected chi connectivity index (χ2v) is 16.3. The fraction of sp³-hybridized carbons (Fsp3) is 0.0200. The van der Waals surface area contributed by atoms with Crippen LogP contribution in [0.25, 0.3) is 33.3 Å². The van der Waals surface area contributed by atoms with Gasteiger partial charge in [-0.05, 0) is 11.1 Å². The SMILES string of the molecule is Cn1c(N2c3[c-]c(Oc4[c-]c(N5[CH-]N(c6c(-c7ccccc7)cccc6-c6ccccc6)c6ccccc65)ccc4)ccc3[Se]c3cccnc32)nc2ccccc21.[Pt]. The van der Waals surface area contributed by atoms with Gasteiger partial charge in [0, 0.05) is 32.2 Å². The molecule has 2 aliphatic rings. The number of pyridine rings is 1. The van der Waals surface area contributed by atoms with Gasteiger partial charge < -0.3 is 0 Å². The summed E-state index contributed by atoms with van der Waals surface area (Å²) in [6, 6.07) is 66.0. The molecule has 0 saturated heterocycles. The Labute approximate surface area is 363 Å². The van der Waals surface area contributed by atoms with E-state index in [9.17, 15) is 0 Å². The molecule has 0 unspecified atom stereocenters. The summed E-state index contributed by atoms with van der Waals surface area (Å²) < 4.78 is 11.1. The molecule has 0 amide bonds. The first-order valence-electron chi connectivity index (χ1n) is 19.1. The van der Waals surface area contributed by atoms with Gasteiger partial charge in [0.1, 0.15) is 0 Å². The summed E-state index contributed by atoms with van der Waals surface area (Å²) in [7, 11) is 2.05. The molecule has 0 saturated carbocycles. The van der Waals surface area contributed by atoms with E-state index in [1.165, 1.54) is 8.92 Å². The van der Waals surface area contributed by atoms with Gasteiger partial charge in [0.15, 0.2) is 0 Å². The third-order valence-electron chi connectivity index (χ3n) is 10.5. The Balaban J connectivity index is 0.00000420. The number of aromatic nitrogens is 3. The zero-order valence-corrected chi connectivity index (χ0v) is 35.6. The average molecular weight is 1010 g/mol. The van der Waals surface area contributed by atoms with Gasteiger partial charge in [0.2, 0.25) is 0 Å². The molecule has 0 atom stereocenters. The number of aryl methyl sites for hydroxylation is 1. The third-order valence-corrected chi connectivity index (χ3v) is 12.8. The van der Waals surface area contributed by atoms with E-state index in [1.807, 2.05) is 55.7 Å². The number of hydrogen-bond donors (Lipinski definition) is 0. The minimum atomic E-state index is 0. The molecule has 2 aliphatic heterocycles. The molecule has 7 aromatic carbocycles. The predicted octanol–water partition coefficient (Wildman–Crippen LogP) is 10.5. The maximum Gasteiger partial charge on any atom is 0 e. The van der Waals surface area contributed by atoms with Crippen molar-refractivity contribution in [2.24, 2.45) is 7.05 Å². The van der Waals surface area contributed by atoms with Gasteiger partial charge >= 0.3 is 238 Å². The Kier molecular flexibility index (Phi) is 9.62. The molecular weight excluding hydrogens is 975 g/mol. The molecule has 288 valence electrons. The van der Waals surface area contributed by atoms with E-state index in [0.717, 1.165) is 73.5 Å². The third kappa shape index (κ3) is 6.50. The van der Waals surface area contributed by atoms with Crippen molar-refractivity contribution in [1.29, 1.82) is 0 Å². The smallest absolute Gasteiger partial charge is 0 e. The van der Waals surface area contributed by atoms with Gasteiger partial charge in [0.05, 0.1) is 0 Å². The standard InChI is InChI=1S/C50H33N6OSe.Pt/c1-53-42-24-9-8-23-41(42)52-50(53)56-45-32-38(28-29-46(45)58-47-27-14-30-51-49(47)56)57-37-20-12-19-36(31-37)54-33-55(44-26-11-10-25-43(44)54)48-39(34-15-4-2-5-16-34)21-13-22-40(48)35-17-6-3-7-18-35;/h2-30,33H,1H3;/q-3;. The molecule has 0 fully saturated rings. The van der Waals surface area contributed by atoms with Gasteiger partial charge in [0.25, 0.3) is 0 Å². The second kappa shape index (κ2) is 15.4. The van der Waals surface area contributed by atoms with E-state index in [-0.39, 0.29) is 36.0 Å². The van der Waals surface area contributed by atoms with Crippen LogP contribution in [0.3, 0.4) is 0 Å². The van der Waals surface area contributed by atoms with E-state index in [4.69, 9.17) is 14.7 Å². The zero-order valence-electron chi connectivity index (χ0n) is 31.6. The quantitative estimate of drug-likeness (QED) is 0.117. The molecule has 0 spiro atoms.